The van der Waals surface area contributed by atoms with E-state index in [-0.39, 0.29) is 0 Å². The van der Waals surface area contributed by atoms with Gasteiger partial charge in [-0.3, -0.25) is 0 Å². The molecule has 0 aliphatic heterocycles. The normalized spacial score (nSPS) is 13.7. The minimum absolute atomic E-state index is 0.759. The number of hydrogen-bond acceptors (Lipinski definition) is 3. The fourth-order valence-electron chi connectivity index (χ4n) is 0.519. The van der Waals surface area contributed by atoms with E-state index < -0.39 is 0 Å². The Morgan fingerprint density at radius 3 is 2.44 bits per heavy atom. The zero-order chi connectivity index (χ0) is 7.11. The molecule has 0 saturated heterocycles. The Bertz CT molecular complexity index is 56.3. The lowest BCUT2D eigenvalue weighted by Gasteiger charge is -2.06. The average Bonchev–Trinajstić information content (AvgIpc) is 1.85. The highest BCUT2D eigenvalue weighted by Crippen LogP contribution is 2.13. The van der Waals surface area contributed by atoms with Gasteiger partial charge in [-0.1, -0.05) is 6.92 Å². The first kappa shape index (κ1) is 10.0. The Morgan fingerprint density at radius 2 is 2.00 bits per heavy atom. The molecule has 0 aliphatic rings. The Balaban J connectivity index is 2.95. The van der Waals surface area contributed by atoms with Crippen molar-refractivity contribution in [3.63, 3.8) is 0 Å². The number of hydrogen-bond donors (Lipinski definition) is 2. The van der Waals surface area contributed by atoms with Gasteiger partial charge < -0.3 is 0 Å². The first-order chi connectivity index (χ1) is 4.31. The van der Waals surface area contributed by atoms with E-state index in [1.54, 1.807) is 0 Å². The standard InChI is InChI=1S/C6H14S3/c1-6(2-3-7)9-5-4-8/h6-8H,2-5H2,1H3. The van der Waals surface area contributed by atoms with E-state index in [9.17, 15) is 0 Å². The van der Waals surface area contributed by atoms with Crippen molar-refractivity contribution in [1.29, 1.82) is 0 Å². The Labute approximate surface area is 73.0 Å². The van der Waals surface area contributed by atoms with Crippen molar-refractivity contribution >= 4 is 37.0 Å². The van der Waals surface area contributed by atoms with Gasteiger partial charge >= 0.3 is 0 Å². The number of thiol groups is 2. The summed E-state index contributed by atoms with van der Waals surface area (Å²) in [5.41, 5.74) is 0. The smallest absolute Gasteiger partial charge is 0.00267 e. The van der Waals surface area contributed by atoms with Crippen LogP contribution in [0.3, 0.4) is 0 Å². The Hall–Kier alpha value is 1.05. The second kappa shape index (κ2) is 7.16. The first-order valence-corrected chi connectivity index (χ1v) is 5.46. The molecule has 0 fully saturated rings. The summed E-state index contributed by atoms with van der Waals surface area (Å²) < 4.78 is 0. The van der Waals surface area contributed by atoms with Crippen LogP contribution >= 0.6 is 37.0 Å². The molecule has 0 aromatic rings. The third kappa shape index (κ3) is 6.94. The van der Waals surface area contributed by atoms with Gasteiger partial charge in [-0.2, -0.15) is 37.0 Å². The predicted octanol–water partition coefficient (Wildman–Crippen LogP) is 2.36. The second-order valence-corrected chi connectivity index (χ2v) is 4.36. The lowest BCUT2D eigenvalue weighted by atomic mass is 10.4. The molecular formula is C6H14S3. The van der Waals surface area contributed by atoms with Crippen LogP contribution in [0, 0.1) is 0 Å². The lowest BCUT2D eigenvalue weighted by Crippen LogP contribution is -1.98. The van der Waals surface area contributed by atoms with E-state index in [0.717, 1.165) is 22.5 Å². The van der Waals surface area contributed by atoms with Gasteiger partial charge in [0.2, 0.25) is 0 Å². The van der Waals surface area contributed by atoms with E-state index >= 15 is 0 Å². The topological polar surface area (TPSA) is 0 Å². The van der Waals surface area contributed by atoms with Gasteiger partial charge in [-0.05, 0) is 17.9 Å². The summed E-state index contributed by atoms with van der Waals surface area (Å²) in [5.74, 6) is 3.15. The molecule has 0 radical (unpaired) electrons. The van der Waals surface area contributed by atoms with Crippen LogP contribution in [0.15, 0.2) is 0 Å². The van der Waals surface area contributed by atoms with Crippen molar-refractivity contribution in [3.05, 3.63) is 0 Å². The van der Waals surface area contributed by atoms with Crippen LogP contribution in [0.4, 0.5) is 0 Å². The molecule has 0 heterocycles. The van der Waals surface area contributed by atoms with Crippen molar-refractivity contribution in [2.45, 2.75) is 18.6 Å². The third-order valence-corrected chi connectivity index (χ3v) is 3.06. The zero-order valence-corrected chi connectivity index (χ0v) is 8.31. The maximum atomic E-state index is 4.15. The van der Waals surface area contributed by atoms with Crippen LogP contribution in [-0.2, 0) is 0 Å². The van der Waals surface area contributed by atoms with E-state index in [2.05, 4.69) is 32.2 Å². The van der Waals surface area contributed by atoms with Crippen molar-refractivity contribution < 1.29 is 0 Å². The van der Waals surface area contributed by atoms with Crippen LogP contribution in [0.2, 0.25) is 0 Å². The maximum absolute atomic E-state index is 4.15. The van der Waals surface area contributed by atoms with E-state index in [4.69, 9.17) is 0 Å². The molecule has 0 aliphatic carbocycles. The van der Waals surface area contributed by atoms with Crippen molar-refractivity contribution in [2.75, 3.05) is 17.3 Å². The van der Waals surface area contributed by atoms with Crippen LogP contribution < -0.4 is 0 Å². The molecule has 9 heavy (non-hydrogen) atoms. The Morgan fingerprint density at radius 1 is 1.33 bits per heavy atom. The average molecular weight is 182 g/mol. The summed E-state index contributed by atoms with van der Waals surface area (Å²) in [6, 6.07) is 0. The summed E-state index contributed by atoms with van der Waals surface area (Å²) in [5, 5.41) is 0.759. The highest BCUT2D eigenvalue weighted by Gasteiger charge is 1.98. The fourth-order valence-corrected chi connectivity index (χ4v) is 2.19. The summed E-state index contributed by atoms with van der Waals surface area (Å²) in [6.07, 6.45) is 1.21. The molecule has 0 saturated carbocycles. The minimum atomic E-state index is 0.759. The van der Waals surface area contributed by atoms with Crippen molar-refractivity contribution in [3.8, 4) is 0 Å². The van der Waals surface area contributed by atoms with Gasteiger partial charge in [0.05, 0.1) is 0 Å². The highest BCUT2D eigenvalue weighted by atomic mass is 32.2. The summed E-state index contributed by atoms with van der Waals surface area (Å²) >= 11 is 10.2. The molecule has 0 bridgehead atoms. The summed E-state index contributed by atoms with van der Waals surface area (Å²) in [4.78, 5) is 0. The SMILES string of the molecule is CC(CCS)SCCS. The quantitative estimate of drug-likeness (QED) is 0.616. The van der Waals surface area contributed by atoms with Crippen molar-refractivity contribution in [2.24, 2.45) is 0 Å². The van der Waals surface area contributed by atoms with Crippen LogP contribution in [0.1, 0.15) is 13.3 Å². The largest absolute Gasteiger partial charge is 0.179 e. The predicted molar refractivity (Wildman–Crippen MR) is 54.2 cm³/mol. The molecule has 0 aromatic carbocycles. The Kier molecular flexibility index (Phi) is 8.00. The van der Waals surface area contributed by atoms with Crippen LogP contribution in [0.5, 0.6) is 0 Å². The molecule has 0 nitrogen and oxygen atoms in total. The molecule has 56 valence electrons. The van der Waals surface area contributed by atoms with Gasteiger partial charge in [-0.15, -0.1) is 0 Å². The highest BCUT2D eigenvalue weighted by molar-refractivity contribution is 8.00. The van der Waals surface area contributed by atoms with Crippen LogP contribution in [0.25, 0.3) is 0 Å². The molecule has 1 unspecified atom stereocenters. The molecule has 3 heteroatoms. The number of thioether (sulfide) groups is 1. The molecular weight excluding hydrogens is 168 g/mol. The second-order valence-electron chi connectivity index (χ2n) is 1.92. The molecule has 0 spiro atoms. The minimum Gasteiger partial charge on any atom is -0.179 e. The first-order valence-electron chi connectivity index (χ1n) is 3.14. The van der Waals surface area contributed by atoms with Gasteiger partial charge in [0.15, 0.2) is 0 Å². The van der Waals surface area contributed by atoms with Crippen LogP contribution in [-0.4, -0.2) is 22.5 Å². The summed E-state index contributed by atoms with van der Waals surface area (Å²) in [6.45, 7) is 2.24. The molecule has 0 N–H and O–H groups in total. The van der Waals surface area contributed by atoms with E-state index in [1.807, 2.05) is 11.8 Å². The monoisotopic (exact) mass is 182 g/mol. The van der Waals surface area contributed by atoms with Crippen molar-refractivity contribution in [1.82, 2.24) is 0 Å². The maximum Gasteiger partial charge on any atom is 0.00267 e. The van der Waals surface area contributed by atoms with Gasteiger partial charge in [-0.25, -0.2) is 0 Å². The third-order valence-electron chi connectivity index (χ3n) is 1.03. The van der Waals surface area contributed by atoms with Gasteiger partial charge in [0, 0.05) is 11.0 Å². The van der Waals surface area contributed by atoms with E-state index in [1.165, 1.54) is 6.42 Å². The zero-order valence-electron chi connectivity index (χ0n) is 5.71. The van der Waals surface area contributed by atoms with Gasteiger partial charge in [0.1, 0.15) is 0 Å². The molecule has 0 rings (SSSR count). The molecule has 0 amide bonds. The molecule has 0 aromatic heterocycles. The molecule has 1 atom stereocenters. The van der Waals surface area contributed by atoms with E-state index in [0.29, 0.717) is 0 Å². The number of rotatable bonds is 5. The van der Waals surface area contributed by atoms with Gasteiger partial charge in [0.25, 0.3) is 0 Å². The summed E-state index contributed by atoms with van der Waals surface area (Å²) in [7, 11) is 0. The fraction of sp³-hybridized carbons (Fsp3) is 1.00. The lowest BCUT2D eigenvalue weighted by molar-refractivity contribution is 0.920.